The highest BCUT2D eigenvalue weighted by Gasteiger charge is 2.35. The van der Waals surface area contributed by atoms with Crippen molar-refractivity contribution in [2.45, 2.75) is 25.2 Å². The first-order valence-corrected chi connectivity index (χ1v) is 7.13. The van der Waals surface area contributed by atoms with Crippen LogP contribution in [0, 0.1) is 5.82 Å². The average molecular weight is 287 g/mol. The molecule has 1 unspecified atom stereocenters. The smallest absolute Gasteiger partial charge is 0.253 e. The van der Waals surface area contributed by atoms with Gasteiger partial charge in [0.1, 0.15) is 5.82 Å². The zero-order valence-electron chi connectivity index (χ0n) is 12.0. The summed E-state index contributed by atoms with van der Waals surface area (Å²) in [6.07, 6.45) is 3.70. The van der Waals surface area contributed by atoms with Crippen LogP contribution in [0.1, 0.15) is 35.8 Å². The maximum absolute atomic E-state index is 13.0. The van der Waals surface area contributed by atoms with E-state index in [0.29, 0.717) is 12.1 Å². The number of likely N-dealkylation sites (tertiary alicyclic amines) is 1. The molecule has 1 fully saturated rings. The lowest BCUT2D eigenvalue weighted by Crippen LogP contribution is -2.47. The molecule has 1 saturated heterocycles. The molecule has 3 rings (SSSR count). The first-order chi connectivity index (χ1) is 10.1. The number of aromatic amines is 1. The minimum atomic E-state index is -0.326. The average Bonchev–Trinajstić information content (AvgIpc) is 3.02. The van der Waals surface area contributed by atoms with Gasteiger partial charge in [0, 0.05) is 36.0 Å². The molecule has 110 valence electrons. The second-order valence-corrected chi connectivity index (χ2v) is 5.87. The molecular formula is C16H18FN3O. The molecule has 1 N–H and O–H groups in total. The maximum Gasteiger partial charge on any atom is 0.253 e. The van der Waals surface area contributed by atoms with E-state index in [1.54, 1.807) is 18.3 Å². The topological polar surface area (TPSA) is 49.0 Å². The highest BCUT2D eigenvalue weighted by Crippen LogP contribution is 2.32. The Balaban J connectivity index is 1.80. The molecule has 0 bridgehead atoms. The number of halogens is 1. The molecule has 0 spiro atoms. The molecule has 2 aromatic rings. The molecule has 1 aliphatic heterocycles. The quantitative estimate of drug-likeness (QED) is 0.923. The Kier molecular flexibility index (Phi) is 3.49. The highest BCUT2D eigenvalue weighted by molar-refractivity contribution is 5.94. The second kappa shape index (κ2) is 5.31. The van der Waals surface area contributed by atoms with Gasteiger partial charge in [-0.3, -0.25) is 9.89 Å². The lowest BCUT2D eigenvalue weighted by molar-refractivity contribution is 0.0647. The Hall–Kier alpha value is -2.17. The third kappa shape index (κ3) is 2.68. The fourth-order valence-electron chi connectivity index (χ4n) is 3.00. The van der Waals surface area contributed by atoms with Crippen molar-refractivity contribution in [3.05, 3.63) is 53.6 Å². The third-order valence-corrected chi connectivity index (χ3v) is 4.23. The van der Waals surface area contributed by atoms with Crippen molar-refractivity contribution in [3.63, 3.8) is 0 Å². The van der Waals surface area contributed by atoms with Crippen molar-refractivity contribution in [1.82, 2.24) is 15.1 Å². The Labute approximate surface area is 123 Å². The summed E-state index contributed by atoms with van der Waals surface area (Å²) in [5.41, 5.74) is 1.48. The molecule has 0 aliphatic carbocycles. The highest BCUT2D eigenvalue weighted by atomic mass is 19.1. The van der Waals surface area contributed by atoms with Crippen LogP contribution in [-0.2, 0) is 5.41 Å². The summed E-state index contributed by atoms with van der Waals surface area (Å²) in [5, 5.41) is 7.03. The Bertz CT molecular complexity index is 623. The van der Waals surface area contributed by atoms with Gasteiger partial charge in [-0.05, 0) is 43.2 Å². The molecule has 1 aromatic heterocycles. The molecule has 2 heterocycles. The van der Waals surface area contributed by atoms with Crippen LogP contribution in [-0.4, -0.2) is 34.1 Å². The Morgan fingerprint density at radius 1 is 1.33 bits per heavy atom. The molecule has 21 heavy (non-hydrogen) atoms. The van der Waals surface area contributed by atoms with E-state index in [1.165, 1.54) is 12.1 Å². The Morgan fingerprint density at radius 3 is 2.76 bits per heavy atom. The summed E-state index contributed by atoms with van der Waals surface area (Å²) in [5.74, 6) is -0.368. The van der Waals surface area contributed by atoms with Gasteiger partial charge in [0.15, 0.2) is 0 Å². The Morgan fingerprint density at radius 2 is 2.10 bits per heavy atom. The van der Waals surface area contributed by atoms with E-state index in [1.807, 2.05) is 11.0 Å². The van der Waals surface area contributed by atoms with E-state index in [-0.39, 0.29) is 17.1 Å². The van der Waals surface area contributed by atoms with E-state index in [4.69, 9.17) is 0 Å². The predicted molar refractivity (Wildman–Crippen MR) is 77.5 cm³/mol. The number of H-pyrrole nitrogens is 1. The molecule has 1 amide bonds. The monoisotopic (exact) mass is 287 g/mol. The van der Waals surface area contributed by atoms with Gasteiger partial charge in [-0.1, -0.05) is 6.92 Å². The number of carbonyl (C=O) groups excluding carboxylic acids is 1. The van der Waals surface area contributed by atoms with Crippen LogP contribution in [0.5, 0.6) is 0 Å². The van der Waals surface area contributed by atoms with Crippen LogP contribution in [0.25, 0.3) is 0 Å². The van der Waals surface area contributed by atoms with Crippen molar-refractivity contribution < 1.29 is 9.18 Å². The lowest BCUT2D eigenvalue weighted by Gasteiger charge is -2.39. The van der Waals surface area contributed by atoms with Gasteiger partial charge in [0.05, 0.1) is 0 Å². The van der Waals surface area contributed by atoms with Gasteiger partial charge in [-0.15, -0.1) is 0 Å². The summed E-state index contributed by atoms with van der Waals surface area (Å²) in [7, 11) is 0. The summed E-state index contributed by atoms with van der Waals surface area (Å²) in [4.78, 5) is 14.4. The van der Waals surface area contributed by atoms with Gasteiger partial charge in [0.25, 0.3) is 5.91 Å². The number of rotatable bonds is 2. The summed E-state index contributed by atoms with van der Waals surface area (Å²) in [6.45, 7) is 3.52. The number of amides is 1. The number of hydrogen-bond acceptors (Lipinski definition) is 2. The summed E-state index contributed by atoms with van der Waals surface area (Å²) >= 11 is 0. The van der Waals surface area contributed by atoms with E-state index in [0.717, 1.165) is 25.1 Å². The lowest BCUT2D eigenvalue weighted by atomic mass is 9.79. The molecule has 1 aromatic carbocycles. The molecule has 5 heteroatoms. The number of aromatic nitrogens is 2. The number of hydrogen-bond donors (Lipinski definition) is 1. The molecule has 4 nitrogen and oxygen atoms in total. The van der Waals surface area contributed by atoms with Gasteiger partial charge in [-0.2, -0.15) is 5.10 Å². The van der Waals surface area contributed by atoms with Crippen molar-refractivity contribution in [3.8, 4) is 0 Å². The van der Waals surface area contributed by atoms with Crippen molar-refractivity contribution in [1.29, 1.82) is 0 Å². The summed E-state index contributed by atoms with van der Waals surface area (Å²) in [6, 6.07) is 7.70. The zero-order valence-corrected chi connectivity index (χ0v) is 12.0. The minimum absolute atomic E-state index is 0.0413. The normalized spacial score (nSPS) is 22.3. The zero-order chi connectivity index (χ0) is 14.9. The number of nitrogens with one attached hydrogen (secondary N) is 1. The van der Waals surface area contributed by atoms with Crippen LogP contribution in [0.2, 0.25) is 0 Å². The largest absolute Gasteiger partial charge is 0.338 e. The van der Waals surface area contributed by atoms with E-state index in [9.17, 15) is 9.18 Å². The molecule has 1 aliphatic rings. The number of benzene rings is 1. The fourth-order valence-corrected chi connectivity index (χ4v) is 3.00. The van der Waals surface area contributed by atoms with Crippen LogP contribution in [0.15, 0.2) is 36.5 Å². The van der Waals surface area contributed by atoms with Crippen molar-refractivity contribution >= 4 is 5.91 Å². The standard InChI is InChI=1S/C16H18FN3O/c1-16(14-7-9-18-19-14)8-2-10-20(11-16)15(21)12-3-5-13(17)6-4-12/h3-7,9H,2,8,10-11H2,1H3,(H,18,19). The molecule has 1 atom stereocenters. The predicted octanol–water partition coefficient (Wildman–Crippen LogP) is 2.74. The van der Waals surface area contributed by atoms with Gasteiger partial charge >= 0.3 is 0 Å². The molecular weight excluding hydrogens is 269 g/mol. The molecule has 0 radical (unpaired) electrons. The number of piperidine rings is 1. The number of nitrogens with zero attached hydrogens (tertiary/aromatic N) is 2. The van der Waals surface area contributed by atoms with Gasteiger partial charge in [0.2, 0.25) is 0 Å². The second-order valence-electron chi connectivity index (χ2n) is 5.87. The van der Waals surface area contributed by atoms with Crippen LogP contribution in [0.3, 0.4) is 0 Å². The third-order valence-electron chi connectivity index (χ3n) is 4.23. The summed E-state index contributed by atoms with van der Waals surface area (Å²) < 4.78 is 13.0. The van der Waals surface area contributed by atoms with Crippen LogP contribution < -0.4 is 0 Å². The number of carbonyl (C=O) groups is 1. The van der Waals surface area contributed by atoms with E-state index < -0.39 is 0 Å². The molecule has 0 saturated carbocycles. The maximum atomic E-state index is 13.0. The van der Waals surface area contributed by atoms with Crippen molar-refractivity contribution in [2.75, 3.05) is 13.1 Å². The van der Waals surface area contributed by atoms with Crippen LogP contribution >= 0.6 is 0 Å². The fraction of sp³-hybridized carbons (Fsp3) is 0.375. The van der Waals surface area contributed by atoms with Crippen LogP contribution in [0.4, 0.5) is 4.39 Å². The van der Waals surface area contributed by atoms with Gasteiger partial charge < -0.3 is 4.90 Å². The SMILES string of the molecule is CC1(c2ccn[nH]2)CCCN(C(=O)c2ccc(F)cc2)C1. The van der Waals surface area contributed by atoms with E-state index in [2.05, 4.69) is 17.1 Å². The van der Waals surface area contributed by atoms with Gasteiger partial charge in [-0.25, -0.2) is 4.39 Å². The minimum Gasteiger partial charge on any atom is -0.338 e. The first-order valence-electron chi connectivity index (χ1n) is 7.13. The van der Waals surface area contributed by atoms with Crippen molar-refractivity contribution in [2.24, 2.45) is 0 Å². The first kappa shape index (κ1) is 13.8. The van der Waals surface area contributed by atoms with E-state index >= 15 is 0 Å².